The molecule has 0 bridgehead atoms. The van der Waals surface area contributed by atoms with E-state index in [-0.39, 0.29) is 11.5 Å². The molecule has 1 atom stereocenters. The molecule has 1 aromatic rings. The van der Waals surface area contributed by atoms with Crippen LogP contribution in [0.25, 0.3) is 0 Å². The van der Waals surface area contributed by atoms with Crippen molar-refractivity contribution in [2.24, 2.45) is 11.8 Å². The zero-order chi connectivity index (χ0) is 18.4. The van der Waals surface area contributed by atoms with Crippen molar-refractivity contribution in [3.05, 3.63) is 29.3 Å². The summed E-state index contributed by atoms with van der Waals surface area (Å²) in [7, 11) is 0. The average Bonchev–Trinajstić information content (AvgIpc) is 2.53. The maximum atomic E-state index is 12.4. The average molecular weight is 347 g/mol. The van der Waals surface area contributed by atoms with E-state index in [1.54, 1.807) is 0 Å². The number of ether oxygens (including phenoxy) is 1. The van der Waals surface area contributed by atoms with Gasteiger partial charge < -0.3 is 15.4 Å². The van der Waals surface area contributed by atoms with E-state index in [0.717, 1.165) is 30.0 Å². The standard InChI is InChI=1S/C21H34N2O2/c1-15-6-7-18(19(12-15)25-21(3,4)5)14-23-20(24)13-16(2)17-8-10-22-11-9-17/h6-7,12,16-17,22H,8-11,13-14H2,1-5H3,(H,23,24). The lowest BCUT2D eigenvalue weighted by molar-refractivity contribution is -0.122. The van der Waals surface area contributed by atoms with Crippen LogP contribution < -0.4 is 15.4 Å². The number of nitrogens with one attached hydrogen (secondary N) is 2. The number of aryl methyl sites for hydroxylation is 1. The Hall–Kier alpha value is -1.55. The fourth-order valence-electron chi connectivity index (χ4n) is 3.37. The van der Waals surface area contributed by atoms with Crippen molar-refractivity contribution in [2.45, 2.75) is 66.0 Å². The van der Waals surface area contributed by atoms with Crippen molar-refractivity contribution in [3.63, 3.8) is 0 Å². The Balaban J connectivity index is 1.90. The lowest BCUT2D eigenvalue weighted by Gasteiger charge is -2.28. The SMILES string of the molecule is Cc1ccc(CNC(=O)CC(C)C2CCNCC2)c(OC(C)(C)C)c1. The van der Waals surface area contributed by atoms with Gasteiger partial charge in [-0.2, -0.15) is 0 Å². The van der Waals surface area contributed by atoms with E-state index in [2.05, 4.69) is 30.5 Å². The maximum absolute atomic E-state index is 12.4. The zero-order valence-electron chi connectivity index (χ0n) is 16.4. The van der Waals surface area contributed by atoms with Crippen molar-refractivity contribution in [3.8, 4) is 5.75 Å². The highest BCUT2D eigenvalue weighted by Gasteiger charge is 2.22. The van der Waals surface area contributed by atoms with Gasteiger partial charge in [-0.1, -0.05) is 19.1 Å². The summed E-state index contributed by atoms with van der Waals surface area (Å²) in [5.74, 6) is 2.09. The predicted octanol–water partition coefficient (Wildman–Crippen LogP) is 3.81. The van der Waals surface area contributed by atoms with Gasteiger partial charge in [0, 0.05) is 18.5 Å². The van der Waals surface area contributed by atoms with E-state index in [1.807, 2.05) is 32.9 Å². The number of piperidine rings is 1. The second-order valence-corrected chi connectivity index (χ2v) is 8.37. The van der Waals surface area contributed by atoms with Crippen molar-refractivity contribution >= 4 is 5.91 Å². The van der Waals surface area contributed by atoms with Gasteiger partial charge in [-0.25, -0.2) is 0 Å². The van der Waals surface area contributed by atoms with Crippen molar-refractivity contribution in [1.29, 1.82) is 0 Å². The van der Waals surface area contributed by atoms with Crippen molar-refractivity contribution in [2.75, 3.05) is 13.1 Å². The van der Waals surface area contributed by atoms with Gasteiger partial charge in [0.25, 0.3) is 0 Å². The summed E-state index contributed by atoms with van der Waals surface area (Å²) < 4.78 is 6.06. The van der Waals surface area contributed by atoms with E-state index in [0.29, 0.717) is 24.8 Å². The van der Waals surface area contributed by atoms with Crippen LogP contribution >= 0.6 is 0 Å². The van der Waals surface area contributed by atoms with Crippen LogP contribution in [0.3, 0.4) is 0 Å². The molecule has 25 heavy (non-hydrogen) atoms. The van der Waals surface area contributed by atoms with E-state index in [4.69, 9.17) is 4.74 Å². The molecule has 1 fully saturated rings. The van der Waals surface area contributed by atoms with Crippen LogP contribution in [0.5, 0.6) is 5.75 Å². The molecule has 4 heteroatoms. The summed E-state index contributed by atoms with van der Waals surface area (Å²) in [6, 6.07) is 6.16. The van der Waals surface area contributed by atoms with Crippen LogP contribution in [0.4, 0.5) is 0 Å². The van der Waals surface area contributed by atoms with E-state index < -0.39 is 0 Å². The second kappa shape index (κ2) is 8.70. The monoisotopic (exact) mass is 346 g/mol. The lowest BCUT2D eigenvalue weighted by atomic mass is 9.84. The number of amides is 1. The molecule has 1 unspecified atom stereocenters. The summed E-state index contributed by atoms with van der Waals surface area (Å²) in [5, 5.41) is 6.46. The van der Waals surface area contributed by atoms with Gasteiger partial charge in [0.05, 0.1) is 0 Å². The molecule has 1 aromatic carbocycles. The molecule has 1 aliphatic rings. The minimum Gasteiger partial charge on any atom is -0.488 e. The molecule has 0 spiro atoms. The van der Waals surface area contributed by atoms with E-state index >= 15 is 0 Å². The molecular formula is C21H34N2O2. The fraction of sp³-hybridized carbons (Fsp3) is 0.667. The Kier molecular flexibility index (Phi) is 6.88. The molecular weight excluding hydrogens is 312 g/mol. The van der Waals surface area contributed by atoms with Crippen LogP contribution in [0, 0.1) is 18.8 Å². The quantitative estimate of drug-likeness (QED) is 0.823. The number of hydrogen-bond acceptors (Lipinski definition) is 3. The molecule has 2 rings (SSSR count). The molecule has 1 heterocycles. The van der Waals surface area contributed by atoms with Gasteiger partial charge in [-0.05, 0) is 77.1 Å². The molecule has 2 N–H and O–H groups in total. The van der Waals surface area contributed by atoms with Gasteiger partial charge in [0.1, 0.15) is 11.4 Å². The number of hydrogen-bond donors (Lipinski definition) is 2. The normalized spacial score (nSPS) is 17.2. The van der Waals surface area contributed by atoms with Crippen LogP contribution in [0.15, 0.2) is 18.2 Å². The van der Waals surface area contributed by atoms with Crippen molar-refractivity contribution in [1.82, 2.24) is 10.6 Å². The first kappa shape index (κ1) is 19.8. The third-order valence-corrected chi connectivity index (χ3v) is 4.81. The number of benzene rings is 1. The van der Waals surface area contributed by atoms with E-state index in [1.165, 1.54) is 12.8 Å². The first-order valence-corrected chi connectivity index (χ1v) is 9.50. The molecule has 1 aliphatic heterocycles. The third-order valence-electron chi connectivity index (χ3n) is 4.81. The van der Waals surface area contributed by atoms with Gasteiger partial charge in [-0.3, -0.25) is 4.79 Å². The Morgan fingerprint density at radius 3 is 2.64 bits per heavy atom. The topological polar surface area (TPSA) is 50.4 Å². The van der Waals surface area contributed by atoms with Crippen molar-refractivity contribution < 1.29 is 9.53 Å². The summed E-state index contributed by atoms with van der Waals surface area (Å²) in [6.45, 7) is 13.0. The number of rotatable bonds is 6. The Morgan fingerprint density at radius 2 is 2.00 bits per heavy atom. The molecule has 140 valence electrons. The Morgan fingerprint density at radius 1 is 1.32 bits per heavy atom. The highest BCUT2D eigenvalue weighted by molar-refractivity contribution is 5.76. The van der Waals surface area contributed by atoms with Crippen LogP contribution in [-0.2, 0) is 11.3 Å². The summed E-state index contributed by atoms with van der Waals surface area (Å²) in [6.07, 6.45) is 2.96. The second-order valence-electron chi connectivity index (χ2n) is 8.37. The number of carbonyl (C=O) groups is 1. The molecule has 4 nitrogen and oxygen atoms in total. The predicted molar refractivity (Wildman–Crippen MR) is 103 cm³/mol. The van der Waals surface area contributed by atoms with Crippen LogP contribution in [0.2, 0.25) is 0 Å². The van der Waals surface area contributed by atoms with E-state index in [9.17, 15) is 4.79 Å². The fourth-order valence-corrected chi connectivity index (χ4v) is 3.37. The number of carbonyl (C=O) groups excluding carboxylic acids is 1. The smallest absolute Gasteiger partial charge is 0.220 e. The molecule has 0 aromatic heterocycles. The Labute approximate surface area is 152 Å². The van der Waals surface area contributed by atoms with Gasteiger partial charge in [0.2, 0.25) is 5.91 Å². The molecule has 0 radical (unpaired) electrons. The van der Waals surface area contributed by atoms with Gasteiger partial charge in [-0.15, -0.1) is 0 Å². The van der Waals surface area contributed by atoms with Crippen LogP contribution in [-0.4, -0.2) is 24.6 Å². The highest BCUT2D eigenvalue weighted by atomic mass is 16.5. The minimum atomic E-state index is -0.254. The summed E-state index contributed by atoms with van der Waals surface area (Å²) in [5.41, 5.74) is 1.94. The first-order chi connectivity index (χ1) is 11.7. The highest BCUT2D eigenvalue weighted by Crippen LogP contribution is 2.26. The lowest BCUT2D eigenvalue weighted by Crippen LogP contribution is -2.33. The summed E-state index contributed by atoms with van der Waals surface area (Å²) in [4.78, 5) is 12.4. The zero-order valence-corrected chi connectivity index (χ0v) is 16.4. The van der Waals surface area contributed by atoms with Gasteiger partial charge >= 0.3 is 0 Å². The maximum Gasteiger partial charge on any atom is 0.220 e. The third kappa shape index (κ3) is 6.69. The van der Waals surface area contributed by atoms with Gasteiger partial charge in [0.15, 0.2) is 0 Å². The molecule has 0 saturated carbocycles. The minimum absolute atomic E-state index is 0.133. The summed E-state index contributed by atoms with van der Waals surface area (Å²) >= 11 is 0. The molecule has 1 amide bonds. The van der Waals surface area contributed by atoms with Crippen LogP contribution in [0.1, 0.15) is 58.1 Å². The molecule has 0 aliphatic carbocycles. The Bertz CT molecular complexity index is 572. The largest absolute Gasteiger partial charge is 0.488 e. The molecule has 1 saturated heterocycles. The first-order valence-electron chi connectivity index (χ1n) is 9.50.